The van der Waals surface area contributed by atoms with Crippen LogP contribution in [0.3, 0.4) is 0 Å². The van der Waals surface area contributed by atoms with Crippen molar-refractivity contribution in [1.82, 2.24) is 0 Å². The highest BCUT2D eigenvalue weighted by Gasteiger charge is 2.26. The highest BCUT2D eigenvalue weighted by molar-refractivity contribution is 7.12. The Balaban J connectivity index is 2.44. The molecule has 2 aromatic rings. The van der Waals surface area contributed by atoms with Crippen LogP contribution in [0.2, 0.25) is 0 Å². The minimum absolute atomic E-state index is 0.0276. The fourth-order valence-corrected chi connectivity index (χ4v) is 3.65. The van der Waals surface area contributed by atoms with Gasteiger partial charge in [-0.2, -0.15) is 5.26 Å². The van der Waals surface area contributed by atoms with Gasteiger partial charge in [0.2, 0.25) is 0 Å². The highest BCUT2D eigenvalue weighted by Crippen LogP contribution is 2.34. The molecule has 1 aromatic carbocycles. The van der Waals surface area contributed by atoms with E-state index in [0.717, 1.165) is 12.1 Å². The second-order valence-corrected chi connectivity index (χ2v) is 6.52. The number of hydrogen-bond acceptors (Lipinski definition) is 4. The normalized spacial score (nSPS) is 13.5. The molecule has 0 saturated heterocycles. The first-order valence-electron chi connectivity index (χ1n) is 7.12. The predicted octanol–water partition coefficient (Wildman–Crippen LogP) is 3.84. The van der Waals surface area contributed by atoms with Crippen LogP contribution in [0.25, 0.3) is 0 Å². The number of hydrogen-bond donors (Lipinski definition) is 1. The SMILES string of the molecule is CCC(N)C(c1ccc(C)s1)N(C)c1ccccc1C#N. The molecule has 2 atom stereocenters. The number of thiophene rings is 1. The zero-order valence-electron chi connectivity index (χ0n) is 12.7. The molecule has 2 rings (SSSR count). The average molecular weight is 299 g/mol. The summed E-state index contributed by atoms with van der Waals surface area (Å²) in [5.74, 6) is 0. The minimum atomic E-state index is 0.0276. The van der Waals surface area contributed by atoms with Gasteiger partial charge in [0.1, 0.15) is 6.07 Å². The number of benzene rings is 1. The zero-order valence-corrected chi connectivity index (χ0v) is 13.5. The molecule has 2 N–H and O–H groups in total. The number of aryl methyl sites for hydroxylation is 1. The fourth-order valence-electron chi connectivity index (χ4n) is 2.55. The molecule has 0 spiro atoms. The molecule has 0 aliphatic rings. The lowest BCUT2D eigenvalue weighted by atomic mass is 10.0. The quantitative estimate of drug-likeness (QED) is 0.912. The van der Waals surface area contributed by atoms with Crippen LogP contribution in [0.5, 0.6) is 0 Å². The van der Waals surface area contributed by atoms with Gasteiger partial charge in [-0.05, 0) is 37.6 Å². The van der Waals surface area contributed by atoms with Crippen molar-refractivity contribution >= 4 is 17.0 Å². The van der Waals surface area contributed by atoms with Gasteiger partial charge < -0.3 is 10.6 Å². The van der Waals surface area contributed by atoms with Gasteiger partial charge in [-0.15, -0.1) is 11.3 Å². The lowest BCUT2D eigenvalue weighted by Gasteiger charge is -2.34. The number of nitriles is 1. The number of anilines is 1. The Hall–Kier alpha value is -1.83. The molecule has 21 heavy (non-hydrogen) atoms. The molecule has 0 aliphatic heterocycles. The van der Waals surface area contributed by atoms with Crippen LogP contribution in [-0.4, -0.2) is 13.1 Å². The lowest BCUT2D eigenvalue weighted by Crippen LogP contribution is -2.38. The van der Waals surface area contributed by atoms with Gasteiger partial charge >= 0.3 is 0 Å². The number of nitrogens with two attached hydrogens (primary N) is 1. The number of para-hydroxylation sites is 1. The van der Waals surface area contributed by atoms with Crippen molar-refractivity contribution in [2.75, 3.05) is 11.9 Å². The molecule has 0 bridgehead atoms. The van der Waals surface area contributed by atoms with Crippen molar-refractivity contribution in [3.8, 4) is 6.07 Å². The maximum Gasteiger partial charge on any atom is 0.101 e. The van der Waals surface area contributed by atoms with Crippen molar-refractivity contribution in [1.29, 1.82) is 5.26 Å². The third kappa shape index (κ3) is 3.26. The molecule has 1 heterocycles. The summed E-state index contributed by atoms with van der Waals surface area (Å²) in [4.78, 5) is 4.66. The first kappa shape index (κ1) is 15.6. The second-order valence-electron chi connectivity index (χ2n) is 5.21. The minimum Gasteiger partial charge on any atom is -0.364 e. The van der Waals surface area contributed by atoms with Gasteiger partial charge in [0.05, 0.1) is 17.3 Å². The Morgan fingerprint density at radius 1 is 1.29 bits per heavy atom. The summed E-state index contributed by atoms with van der Waals surface area (Å²) >= 11 is 1.77. The zero-order chi connectivity index (χ0) is 15.4. The summed E-state index contributed by atoms with van der Waals surface area (Å²) in [6, 6.07) is 14.3. The van der Waals surface area contributed by atoms with Crippen molar-refractivity contribution < 1.29 is 0 Å². The molecule has 0 aliphatic carbocycles. The number of rotatable bonds is 5. The number of nitrogens with zero attached hydrogens (tertiary/aromatic N) is 2. The first-order valence-corrected chi connectivity index (χ1v) is 7.94. The third-order valence-corrected chi connectivity index (χ3v) is 4.82. The summed E-state index contributed by atoms with van der Waals surface area (Å²) in [5.41, 5.74) is 7.98. The Bertz CT molecular complexity index is 641. The maximum absolute atomic E-state index is 9.31. The van der Waals surface area contributed by atoms with Gasteiger partial charge in [0.25, 0.3) is 0 Å². The van der Waals surface area contributed by atoms with E-state index in [9.17, 15) is 5.26 Å². The van der Waals surface area contributed by atoms with Crippen LogP contribution in [0.1, 0.15) is 34.7 Å². The van der Waals surface area contributed by atoms with Gasteiger partial charge in [0.15, 0.2) is 0 Å². The molecule has 1 aromatic heterocycles. The van der Waals surface area contributed by atoms with Gasteiger partial charge in [-0.25, -0.2) is 0 Å². The van der Waals surface area contributed by atoms with Crippen LogP contribution < -0.4 is 10.6 Å². The summed E-state index contributed by atoms with van der Waals surface area (Å²) in [6.45, 7) is 4.20. The topological polar surface area (TPSA) is 53.0 Å². The van der Waals surface area contributed by atoms with E-state index in [1.807, 2.05) is 31.3 Å². The van der Waals surface area contributed by atoms with Crippen LogP contribution >= 0.6 is 11.3 Å². The summed E-state index contributed by atoms with van der Waals surface area (Å²) in [7, 11) is 2.02. The van der Waals surface area contributed by atoms with E-state index in [1.54, 1.807) is 11.3 Å². The molecule has 0 saturated carbocycles. The van der Waals surface area contributed by atoms with Crippen molar-refractivity contribution in [3.05, 3.63) is 51.7 Å². The average Bonchev–Trinajstić information content (AvgIpc) is 2.93. The Labute approximate surface area is 130 Å². The van der Waals surface area contributed by atoms with Crippen LogP contribution in [0.15, 0.2) is 36.4 Å². The summed E-state index contributed by atoms with van der Waals surface area (Å²) in [6.07, 6.45) is 0.890. The molecule has 2 unspecified atom stereocenters. The molecular formula is C17H21N3S. The van der Waals surface area contributed by atoms with E-state index in [-0.39, 0.29) is 12.1 Å². The first-order chi connectivity index (χ1) is 10.1. The molecule has 3 nitrogen and oxygen atoms in total. The van der Waals surface area contributed by atoms with E-state index < -0.39 is 0 Å². The molecule has 110 valence electrons. The molecule has 4 heteroatoms. The van der Waals surface area contributed by atoms with Crippen molar-refractivity contribution in [3.63, 3.8) is 0 Å². The second kappa shape index (κ2) is 6.75. The fraction of sp³-hybridized carbons (Fsp3) is 0.353. The molecule has 0 radical (unpaired) electrons. The van der Waals surface area contributed by atoms with E-state index in [2.05, 4.69) is 36.9 Å². The maximum atomic E-state index is 9.31. The van der Waals surface area contributed by atoms with E-state index >= 15 is 0 Å². The Morgan fingerprint density at radius 3 is 2.57 bits per heavy atom. The van der Waals surface area contributed by atoms with Crippen LogP contribution in [0.4, 0.5) is 5.69 Å². The van der Waals surface area contributed by atoms with Gasteiger partial charge in [-0.3, -0.25) is 0 Å². The summed E-state index contributed by atoms with van der Waals surface area (Å²) in [5, 5.41) is 9.31. The molecule has 0 amide bonds. The Kier molecular flexibility index (Phi) is 5.00. The smallest absolute Gasteiger partial charge is 0.101 e. The van der Waals surface area contributed by atoms with Gasteiger partial charge in [0, 0.05) is 22.8 Å². The molecular weight excluding hydrogens is 278 g/mol. The van der Waals surface area contributed by atoms with E-state index in [4.69, 9.17) is 5.73 Å². The lowest BCUT2D eigenvalue weighted by molar-refractivity contribution is 0.516. The van der Waals surface area contributed by atoms with E-state index in [1.165, 1.54) is 9.75 Å². The van der Waals surface area contributed by atoms with Crippen molar-refractivity contribution in [2.24, 2.45) is 5.73 Å². The van der Waals surface area contributed by atoms with E-state index in [0.29, 0.717) is 5.56 Å². The van der Waals surface area contributed by atoms with Gasteiger partial charge in [-0.1, -0.05) is 19.1 Å². The van der Waals surface area contributed by atoms with Crippen LogP contribution in [-0.2, 0) is 0 Å². The highest BCUT2D eigenvalue weighted by atomic mass is 32.1. The summed E-state index contributed by atoms with van der Waals surface area (Å²) < 4.78 is 0. The van der Waals surface area contributed by atoms with Crippen molar-refractivity contribution in [2.45, 2.75) is 32.4 Å². The monoisotopic (exact) mass is 299 g/mol. The molecule has 0 fully saturated rings. The number of likely N-dealkylation sites (N-methyl/N-ethyl adjacent to an activating group) is 1. The predicted molar refractivity (Wildman–Crippen MR) is 89.6 cm³/mol. The van der Waals surface area contributed by atoms with Crippen LogP contribution in [0, 0.1) is 18.3 Å². The Morgan fingerprint density at radius 2 is 2.00 bits per heavy atom. The third-order valence-electron chi connectivity index (χ3n) is 3.75. The standard InChI is InChI=1S/C17H21N3S/c1-4-14(19)17(16-10-9-12(2)21-16)20(3)15-8-6-5-7-13(15)11-18/h5-10,14,17H,4,19H2,1-3H3. The largest absolute Gasteiger partial charge is 0.364 e.